The molecule has 0 aliphatic carbocycles. The first-order valence-corrected chi connectivity index (χ1v) is 9.45. The highest BCUT2D eigenvalue weighted by Gasteiger charge is 2.08. The Morgan fingerprint density at radius 1 is 1.19 bits per heavy atom. The lowest BCUT2D eigenvalue weighted by Crippen LogP contribution is -2.20. The molecule has 0 aliphatic heterocycles. The first-order valence-electron chi connectivity index (χ1n) is 8.28. The average molecular weight is 453 g/mol. The van der Waals surface area contributed by atoms with E-state index < -0.39 is 0 Å². The third-order valence-electron chi connectivity index (χ3n) is 3.39. The molecule has 2 rings (SSSR count). The number of hydrogen-bond donors (Lipinski definition) is 2. The number of rotatable bonds is 8. The van der Waals surface area contributed by atoms with Gasteiger partial charge in [-0.15, -0.1) is 0 Å². The van der Waals surface area contributed by atoms with E-state index in [1.165, 1.54) is 6.21 Å². The van der Waals surface area contributed by atoms with E-state index in [4.69, 9.17) is 16.3 Å². The second-order valence-corrected chi connectivity index (χ2v) is 6.76. The summed E-state index contributed by atoms with van der Waals surface area (Å²) in [6.07, 6.45) is 1.52. The van der Waals surface area contributed by atoms with Crippen molar-refractivity contribution in [1.29, 1.82) is 0 Å². The molecule has 0 bridgehead atoms. The van der Waals surface area contributed by atoms with Crippen LogP contribution in [0.2, 0.25) is 5.02 Å². The summed E-state index contributed by atoms with van der Waals surface area (Å²) in [6, 6.07) is 12.4. The summed E-state index contributed by atoms with van der Waals surface area (Å²) in [7, 11) is 0. The highest BCUT2D eigenvalue weighted by molar-refractivity contribution is 9.10. The zero-order chi connectivity index (χ0) is 19.6. The maximum atomic E-state index is 11.9. The van der Waals surface area contributed by atoms with Gasteiger partial charge in [0.2, 0.25) is 11.8 Å². The molecule has 2 aromatic rings. The topological polar surface area (TPSA) is 79.8 Å². The van der Waals surface area contributed by atoms with Gasteiger partial charge >= 0.3 is 0 Å². The lowest BCUT2D eigenvalue weighted by Gasteiger charge is -2.07. The van der Waals surface area contributed by atoms with Crippen LogP contribution in [0.15, 0.2) is 52.0 Å². The first-order chi connectivity index (χ1) is 13.0. The smallest absolute Gasteiger partial charge is 0.240 e. The third-order valence-corrected chi connectivity index (χ3v) is 4.21. The van der Waals surface area contributed by atoms with Crippen LogP contribution in [0, 0.1) is 0 Å². The van der Waals surface area contributed by atoms with Crippen molar-refractivity contribution in [3.63, 3.8) is 0 Å². The summed E-state index contributed by atoms with van der Waals surface area (Å²) in [5, 5.41) is 7.03. The van der Waals surface area contributed by atoms with Gasteiger partial charge < -0.3 is 10.1 Å². The van der Waals surface area contributed by atoms with Gasteiger partial charge in [-0.3, -0.25) is 9.59 Å². The van der Waals surface area contributed by atoms with Gasteiger partial charge in [0.25, 0.3) is 0 Å². The fourth-order valence-electron chi connectivity index (χ4n) is 2.14. The average Bonchev–Trinajstić information content (AvgIpc) is 2.64. The van der Waals surface area contributed by atoms with Crippen LogP contribution in [0.25, 0.3) is 0 Å². The van der Waals surface area contributed by atoms with Crippen LogP contribution in [-0.2, 0) is 9.59 Å². The molecule has 0 saturated heterocycles. The van der Waals surface area contributed by atoms with E-state index in [-0.39, 0.29) is 24.7 Å². The standard InChI is InChI=1S/C19H19BrClN3O3/c1-2-27-17-8-7-14(20)11-13(17)12-22-24-19(26)10-9-18(25)23-16-6-4-3-5-15(16)21/h3-8,11-12H,2,9-10H2,1H3,(H,23,25)(H,24,26). The van der Waals surface area contributed by atoms with E-state index in [0.717, 1.165) is 10.0 Å². The summed E-state index contributed by atoms with van der Waals surface area (Å²) in [6.45, 7) is 2.41. The van der Waals surface area contributed by atoms with E-state index >= 15 is 0 Å². The van der Waals surface area contributed by atoms with Gasteiger partial charge in [0.15, 0.2) is 0 Å². The van der Waals surface area contributed by atoms with Gasteiger partial charge in [-0.05, 0) is 37.3 Å². The Balaban J connectivity index is 1.82. The van der Waals surface area contributed by atoms with Crippen molar-refractivity contribution >= 4 is 51.2 Å². The van der Waals surface area contributed by atoms with Crippen molar-refractivity contribution in [1.82, 2.24) is 5.43 Å². The van der Waals surface area contributed by atoms with Crippen LogP contribution in [0.5, 0.6) is 5.75 Å². The number of para-hydroxylation sites is 1. The highest BCUT2D eigenvalue weighted by atomic mass is 79.9. The van der Waals surface area contributed by atoms with E-state index in [9.17, 15) is 9.59 Å². The normalized spacial score (nSPS) is 10.6. The van der Waals surface area contributed by atoms with Gasteiger partial charge in [0, 0.05) is 22.9 Å². The summed E-state index contributed by atoms with van der Waals surface area (Å²) in [5.74, 6) is -0.000756. The molecule has 2 aromatic carbocycles. The fraction of sp³-hybridized carbons (Fsp3) is 0.211. The Morgan fingerprint density at radius 2 is 1.93 bits per heavy atom. The van der Waals surface area contributed by atoms with Crippen molar-refractivity contribution in [2.75, 3.05) is 11.9 Å². The Kier molecular flexibility index (Phi) is 8.29. The third kappa shape index (κ3) is 7.03. The number of hydrogen-bond acceptors (Lipinski definition) is 4. The van der Waals surface area contributed by atoms with Gasteiger partial charge in [0.1, 0.15) is 5.75 Å². The van der Waals surface area contributed by atoms with Crippen LogP contribution >= 0.6 is 27.5 Å². The molecule has 2 amide bonds. The second kappa shape index (κ2) is 10.7. The van der Waals surface area contributed by atoms with E-state index in [1.54, 1.807) is 24.3 Å². The van der Waals surface area contributed by atoms with Crippen molar-refractivity contribution < 1.29 is 14.3 Å². The quantitative estimate of drug-likeness (QED) is 0.461. The van der Waals surface area contributed by atoms with Gasteiger partial charge in [0.05, 0.1) is 23.5 Å². The molecule has 0 spiro atoms. The number of hydrazone groups is 1. The maximum Gasteiger partial charge on any atom is 0.240 e. The van der Waals surface area contributed by atoms with Gasteiger partial charge in [-0.25, -0.2) is 5.43 Å². The lowest BCUT2D eigenvalue weighted by atomic mass is 10.2. The molecule has 0 saturated carbocycles. The lowest BCUT2D eigenvalue weighted by molar-refractivity contribution is -0.124. The minimum atomic E-state index is -0.367. The number of benzene rings is 2. The van der Waals surface area contributed by atoms with Crippen LogP contribution in [0.4, 0.5) is 5.69 Å². The Labute approximate surface area is 171 Å². The molecule has 0 atom stereocenters. The predicted molar refractivity (Wildman–Crippen MR) is 110 cm³/mol. The first kappa shape index (κ1) is 20.9. The van der Waals surface area contributed by atoms with E-state index in [0.29, 0.717) is 23.1 Å². The van der Waals surface area contributed by atoms with Crippen LogP contribution < -0.4 is 15.5 Å². The van der Waals surface area contributed by atoms with Crippen molar-refractivity contribution in [2.24, 2.45) is 5.10 Å². The zero-order valence-electron chi connectivity index (χ0n) is 14.7. The second-order valence-electron chi connectivity index (χ2n) is 5.44. The summed E-state index contributed by atoms with van der Waals surface area (Å²) in [4.78, 5) is 23.8. The van der Waals surface area contributed by atoms with Crippen LogP contribution in [-0.4, -0.2) is 24.6 Å². The number of carbonyl (C=O) groups excluding carboxylic acids is 2. The minimum absolute atomic E-state index is 0.00439. The fourth-order valence-corrected chi connectivity index (χ4v) is 2.70. The van der Waals surface area contributed by atoms with Gasteiger partial charge in [-0.2, -0.15) is 5.10 Å². The molecule has 0 aliphatic rings. The van der Waals surface area contributed by atoms with E-state index in [1.807, 2.05) is 25.1 Å². The molecule has 0 aromatic heterocycles. The maximum absolute atomic E-state index is 11.9. The predicted octanol–water partition coefficient (Wildman–Crippen LogP) is 4.37. The molecule has 0 unspecified atom stereocenters. The number of halogens is 2. The highest BCUT2D eigenvalue weighted by Crippen LogP contribution is 2.22. The molecule has 142 valence electrons. The Bertz CT molecular complexity index is 843. The van der Waals surface area contributed by atoms with Crippen molar-refractivity contribution in [2.45, 2.75) is 19.8 Å². The monoisotopic (exact) mass is 451 g/mol. The number of carbonyl (C=O) groups is 2. The van der Waals surface area contributed by atoms with Crippen LogP contribution in [0.1, 0.15) is 25.3 Å². The SMILES string of the molecule is CCOc1ccc(Br)cc1C=NNC(=O)CCC(=O)Nc1ccccc1Cl. The molecule has 8 heteroatoms. The molecule has 27 heavy (non-hydrogen) atoms. The van der Waals surface area contributed by atoms with Crippen molar-refractivity contribution in [3.8, 4) is 5.75 Å². The van der Waals surface area contributed by atoms with Crippen LogP contribution in [0.3, 0.4) is 0 Å². The molecule has 6 nitrogen and oxygen atoms in total. The Morgan fingerprint density at radius 3 is 2.67 bits per heavy atom. The number of nitrogens with one attached hydrogen (secondary N) is 2. The zero-order valence-corrected chi connectivity index (χ0v) is 17.0. The molecule has 0 heterocycles. The minimum Gasteiger partial charge on any atom is -0.493 e. The molecular formula is C19H19BrClN3O3. The number of amides is 2. The number of nitrogens with zero attached hydrogens (tertiary/aromatic N) is 1. The molecule has 2 N–H and O–H groups in total. The number of ether oxygens (including phenoxy) is 1. The Hall–Kier alpha value is -2.38. The molecular weight excluding hydrogens is 434 g/mol. The largest absolute Gasteiger partial charge is 0.493 e. The van der Waals surface area contributed by atoms with E-state index in [2.05, 4.69) is 31.8 Å². The molecule has 0 radical (unpaired) electrons. The van der Waals surface area contributed by atoms with Gasteiger partial charge in [-0.1, -0.05) is 39.7 Å². The summed E-state index contributed by atoms with van der Waals surface area (Å²) < 4.78 is 6.38. The summed E-state index contributed by atoms with van der Waals surface area (Å²) in [5.41, 5.74) is 3.64. The summed E-state index contributed by atoms with van der Waals surface area (Å²) >= 11 is 9.36. The van der Waals surface area contributed by atoms with Crippen molar-refractivity contribution in [3.05, 3.63) is 57.5 Å². The molecule has 0 fully saturated rings. The number of anilines is 1.